The van der Waals surface area contributed by atoms with Crippen molar-refractivity contribution < 1.29 is 14.0 Å². The van der Waals surface area contributed by atoms with Crippen molar-refractivity contribution in [1.82, 2.24) is 0 Å². The summed E-state index contributed by atoms with van der Waals surface area (Å²) in [6.45, 7) is 2.68. The molecule has 152 valence electrons. The second-order valence-electron chi connectivity index (χ2n) is 9.03. The molecule has 3 nitrogen and oxygen atoms in total. The van der Waals surface area contributed by atoms with Gasteiger partial charge in [0, 0.05) is 38.5 Å². The van der Waals surface area contributed by atoms with E-state index in [4.69, 9.17) is 4.74 Å². The predicted molar refractivity (Wildman–Crippen MR) is 118 cm³/mol. The van der Waals surface area contributed by atoms with Crippen molar-refractivity contribution >= 4 is 21.9 Å². The molecule has 0 aliphatic carbocycles. The third-order valence-electron chi connectivity index (χ3n) is 7.65. The highest BCUT2D eigenvalue weighted by atomic mass is 79.9. The van der Waals surface area contributed by atoms with Gasteiger partial charge in [-0.15, -0.1) is 0 Å². The molecule has 4 heteroatoms. The Hall–Kier alpha value is -1.65. The summed E-state index contributed by atoms with van der Waals surface area (Å²) in [6, 6.07) is 21.2. The van der Waals surface area contributed by atoms with E-state index >= 15 is 0 Å². The van der Waals surface area contributed by atoms with Gasteiger partial charge in [0.2, 0.25) is 0 Å². The van der Waals surface area contributed by atoms with Gasteiger partial charge in [-0.1, -0.05) is 76.6 Å². The Labute approximate surface area is 181 Å². The lowest BCUT2D eigenvalue weighted by Crippen LogP contribution is -2.60. The van der Waals surface area contributed by atoms with E-state index < -0.39 is 4.32 Å². The minimum atomic E-state index is -0.966. The highest BCUT2D eigenvalue weighted by Crippen LogP contribution is 2.47. The van der Waals surface area contributed by atoms with E-state index in [2.05, 4.69) is 15.9 Å². The number of hydrogen-bond donors (Lipinski definition) is 0. The molecule has 2 unspecified atom stereocenters. The number of quaternary nitrogens is 1. The molecule has 3 heterocycles. The number of benzene rings is 2. The summed E-state index contributed by atoms with van der Waals surface area (Å²) in [5.74, 6) is -0.186. The van der Waals surface area contributed by atoms with Gasteiger partial charge in [-0.25, -0.2) is 4.79 Å². The van der Waals surface area contributed by atoms with E-state index in [1.165, 1.54) is 43.3 Å². The van der Waals surface area contributed by atoms with Gasteiger partial charge in [0.15, 0.2) is 4.32 Å². The number of piperidine rings is 1. The highest BCUT2D eigenvalue weighted by molar-refractivity contribution is 9.10. The number of esters is 1. The van der Waals surface area contributed by atoms with Crippen LogP contribution in [0.1, 0.15) is 49.7 Å². The molecule has 3 aliphatic heterocycles. The molecular weight excluding hydrogens is 426 g/mol. The molecule has 0 aromatic heterocycles. The molecule has 1 spiro atoms. The van der Waals surface area contributed by atoms with Crippen LogP contribution in [0.25, 0.3) is 0 Å². The standard InChI is InChI=1S/C25H29BrNO2/c26-25(19-9-3-1-4-10-19,20-11-5-2-6-12-20)24(28)29-23-17-21-13-14-22(18-23)27(21)15-7-8-16-27/h1-6,9-12,21-23H,7-8,13-18H2/q+1. The smallest absolute Gasteiger partial charge is 0.332 e. The quantitative estimate of drug-likeness (QED) is 0.361. The van der Waals surface area contributed by atoms with E-state index in [-0.39, 0.29) is 12.1 Å². The van der Waals surface area contributed by atoms with E-state index in [0.29, 0.717) is 12.1 Å². The Morgan fingerprint density at radius 2 is 1.34 bits per heavy atom. The number of hydrogen-bond acceptors (Lipinski definition) is 2. The van der Waals surface area contributed by atoms with E-state index in [0.717, 1.165) is 24.0 Å². The van der Waals surface area contributed by atoms with Crippen LogP contribution in [0.15, 0.2) is 60.7 Å². The molecule has 2 atom stereocenters. The molecule has 0 N–H and O–H groups in total. The molecule has 2 aromatic rings. The van der Waals surface area contributed by atoms with Gasteiger partial charge in [0.05, 0.1) is 25.2 Å². The van der Waals surface area contributed by atoms with Gasteiger partial charge in [-0.2, -0.15) is 0 Å². The maximum atomic E-state index is 13.6. The van der Waals surface area contributed by atoms with Crippen LogP contribution < -0.4 is 0 Å². The summed E-state index contributed by atoms with van der Waals surface area (Å²) < 4.78 is 6.61. The zero-order valence-electron chi connectivity index (χ0n) is 16.8. The Balaban J connectivity index is 1.40. The van der Waals surface area contributed by atoms with Gasteiger partial charge >= 0.3 is 5.97 Å². The van der Waals surface area contributed by atoms with Crippen LogP contribution in [0.2, 0.25) is 0 Å². The lowest BCUT2D eigenvalue weighted by Gasteiger charge is -2.47. The molecule has 3 fully saturated rings. The molecule has 29 heavy (non-hydrogen) atoms. The first-order valence-electron chi connectivity index (χ1n) is 11.0. The van der Waals surface area contributed by atoms with Crippen LogP contribution in [0.5, 0.6) is 0 Å². The molecule has 0 amide bonds. The fraction of sp³-hybridized carbons (Fsp3) is 0.480. The van der Waals surface area contributed by atoms with Gasteiger partial charge in [-0.05, 0) is 11.1 Å². The average molecular weight is 455 g/mol. The number of nitrogens with zero attached hydrogens (tertiary/aromatic N) is 1. The maximum Gasteiger partial charge on any atom is 0.332 e. The second-order valence-corrected chi connectivity index (χ2v) is 10.2. The Morgan fingerprint density at radius 1 is 0.862 bits per heavy atom. The van der Waals surface area contributed by atoms with Crippen LogP contribution in [-0.2, 0) is 13.9 Å². The van der Waals surface area contributed by atoms with Gasteiger partial charge in [0.1, 0.15) is 6.10 Å². The number of ether oxygens (including phenoxy) is 1. The van der Waals surface area contributed by atoms with Crippen molar-refractivity contribution in [3.05, 3.63) is 71.8 Å². The first-order chi connectivity index (χ1) is 14.1. The molecule has 0 saturated carbocycles. The highest BCUT2D eigenvalue weighted by Gasteiger charge is 2.56. The Morgan fingerprint density at radius 3 is 1.83 bits per heavy atom. The SMILES string of the molecule is O=C(OC1CC2CCC(C1)[N+]21CCCC1)C(Br)(c1ccccc1)c1ccccc1. The van der Waals surface area contributed by atoms with Crippen LogP contribution in [-0.4, -0.2) is 41.7 Å². The van der Waals surface area contributed by atoms with Crippen LogP contribution >= 0.6 is 15.9 Å². The van der Waals surface area contributed by atoms with Crippen LogP contribution in [0.3, 0.4) is 0 Å². The van der Waals surface area contributed by atoms with Crippen molar-refractivity contribution in [3.63, 3.8) is 0 Å². The fourth-order valence-electron chi connectivity index (χ4n) is 6.28. The first kappa shape index (κ1) is 19.3. The molecule has 2 bridgehead atoms. The predicted octanol–water partition coefficient (Wildman–Crippen LogP) is 5.17. The zero-order chi connectivity index (χ0) is 19.9. The van der Waals surface area contributed by atoms with E-state index in [9.17, 15) is 4.79 Å². The van der Waals surface area contributed by atoms with Crippen molar-refractivity contribution in [1.29, 1.82) is 0 Å². The van der Waals surface area contributed by atoms with Crippen molar-refractivity contribution in [2.24, 2.45) is 0 Å². The third kappa shape index (κ3) is 3.16. The van der Waals surface area contributed by atoms with Crippen LogP contribution in [0.4, 0.5) is 0 Å². The number of carbonyl (C=O) groups is 1. The molecule has 2 aromatic carbocycles. The number of carbonyl (C=O) groups excluding carboxylic acids is 1. The third-order valence-corrected chi connectivity index (χ3v) is 8.89. The summed E-state index contributed by atoms with van der Waals surface area (Å²) >= 11 is 3.82. The number of rotatable bonds is 4. The lowest BCUT2D eigenvalue weighted by atomic mass is 9.90. The van der Waals surface area contributed by atoms with Crippen molar-refractivity contribution in [2.75, 3.05) is 13.1 Å². The van der Waals surface area contributed by atoms with Crippen molar-refractivity contribution in [2.45, 2.75) is 61.0 Å². The summed E-state index contributed by atoms with van der Waals surface area (Å²) in [5.41, 5.74) is 1.83. The minimum Gasteiger partial charge on any atom is -0.460 e. The van der Waals surface area contributed by atoms with Gasteiger partial charge in [-0.3, -0.25) is 0 Å². The van der Waals surface area contributed by atoms with E-state index in [1.54, 1.807) is 0 Å². The molecular formula is C25H29BrNO2+. The Kier molecular flexibility index (Phi) is 5.03. The minimum absolute atomic E-state index is 0.0358. The first-order valence-corrected chi connectivity index (χ1v) is 11.8. The number of halogens is 1. The lowest BCUT2D eigenvalue weighted by molar-refractivity contribution is -0.956. The van der Waals surface area contributed by atoms with E-state index in [1.807, 2.05) is 60.7 Å². The van der Waals surface area contributed by atoms with Gasteiger partial charge < -0.3 is 9.22 Å². The number of alkyl halides is 1. The summed E-state index contributed by atoms with van der Waals surface area (Å²) in [5, 5.41) is 0. The summed E-state index contributed by atoms with van der Waals surface area (Å²) in [4.78, 5) is 13.6. The average Bonchev–Trinajstić information content (AvgIpc) is 3.31. The second kappa shape index (κ2) is 7.55. The Bertz CT molecular complexity index is 807. The fourth-order valence-corrected chi connectivity index (χ4v) is 6.90. The van der Waals surface area contributed by atoms with Gasteiger partial charge in [0.25, 0.3) is 0 Å². The zero-order valence-corrected chi connectivity index (χ0v) is 18.4. The monoisotopic (exact) mass is 454 g/mol. The molecule has 3 saturated heterocycles. The normalized spacial score (nSPS) is 27.8. The topological polar surface area (TPSA) is 26.3 Å². The summed E-state index contributed by atoms with van der Waals surface area (Å²) in [6.07, 6.45) is 7.41. The molecule has 5 rings (SSSR count). The van der Waals surface area contributed by atoms with Crippen molar-refractivity contribution in [3.8, 4) is 0 Å². The largest absolute Gasteiger partial charge is 0.460 e. The summed E-state index contributed by atoms with van der Waals surface area (Å²) in [7, 11) is 0. The van der Waals surface area contributed by atoms with Crippen LogP contribution in [0, 0.1) is 0 Å². The maximum absolute atomic E-state index is 13.6. The molecule has 0 radical (unpaired) electrons. The molecule has 3 aliphatic rings.